The molecule has 0 N–H and O–H groups in total. The van der Waals surface area contributed by atoms with Crippen LogP contribution in [-0.4, -0.2) is 0 Å². The number of aryl methyl sites for hydroxylation is 1. The van der Waals surface area contributed by atoms with Gasteiger partial charge in [-0.25, -0.2) is 0 Å². The number of fused-ring (bicyclic) bond motifs is 8. The van der Waals surface area contributed by atoms with Crippen molar-refractivity contribution in [2.24, 2.45) is 0 Å². The lowest BCUT2D eigenvalue weighted by Gasteiger charge is -2.21. The quantitative estimate of drug-likeness (QED) is 0.206. The zero-order chi connectivity index (χ0) is 26.9. The number of hydrogen-bond donors (Lipinski definition) is 0. The first-order valence-electron chi connectivity index (χ1n) is 14.4. The van der Waals surface area contributed by atoms with Gasteiger partial charge in [-0.3, -0.25) is 0 Å². The summed E-state index contributed by atoms with van der Waals surface area (Å²) in [5, 5.41) is 11.5. The van der Waals surface area contributed by atoms with Crippen molar-refractivity contribution >= 4 is 65.7 Å². The predicted octanol–water partition coefficient (Wildman–Crippen LogP) is 11.2. The maximum Gasteiger partial charge on any atom is 0.135 e. The highest BCUT2D eigenvalue weighted by Crippen LogP contribution is 2.47. The summed E-state index contributed by atoms with van der Waals surface area (Å²) < 4.78 is 6.43. The van der Waals surface area contributed by atoms with Gasteiger partial charge in [0, 0.05) is 17.4 Å². The van der Waals surface area contributed by atoms with Gasteiger partial charge in [0.2, 0.25) is 0 Å². The molecule has 192 valence electrons. The summed E-state index contributed by atoms with van der Waals surface area (Å²) >= 11 is 0. The van der Waals surface area contributed by atoms with Crippen LogP contribution in [0, 0.1) is 0 Å². The van der Waals surface area contributed by atoms with E-state index >= 15 is 0 Å². The van der Waals surface area contributed by atoms with Crippen LogP contribution in [-0.2, 0) is 6.42 Å². The van der Waals surface area contributed by atoms with Gasteiger partial charge in [-0.2, -0.15) is 0 Å². The van der Waals surface area contributed by atoms with Crippen molar-refractivity contribution in [1.29, 1.82) is 0 Å². The fraction of sp³-hybridized carbons (Fsp3) is 0.0500. The Morgan fingerprint density at radius 1 is 0.439 bits per heavy atom. The van der Waals surface area contributed by atoms with Crippen molar-refractivity contribution in [1.82, 2.24) is 0 Å². The van der Waals surface area contributed by atoms with Crippen molar-refractivity contribution in [3.05, 3.63) is 144 Å². The van der Waals surface area contributed by atoms with Gasteiger partial charge in [-0.05, 0) is 83.9 Å². The number of furan rings is 1. The van der Waals surface area contributed by atoms with E-state index in [0.717, 1.165) is 24.2 Å². The minimum absolute atomic E-state index is 0.901. The summed E-state index contributed by atoms with van der Waals surface area (Å²) in [5.41, 5.74) is 7.55. The first kappa shape index (κ1) is 22.7. The Bertz CT molecular complexity index is 2300. The van der Waals surface area contributed by atoms with Crippen LogP contribution in [0.1, 0.15) is 23.3 Å². The SMILES string of the molecule is C1=C(c2c3ccccc3c(-c3cccc4ccccc34)c3ccccc23)CCc2oc3ccc4ccccc4c3c21. The van der Waals surface area contributed by atoms with Gasteiger partial charge in [-0.1, -0.05) is 121 Å². The van der Waals surface area contributed by atoms with Crippen LogP contribution < -0.4 is 0 Å². The standard InChI is InChI=1S/C40H26O/c1-3-13-28-25(10-1)12-9-19-30(28)39-33-17-7-5-15-31(33)38(32-16-6-8-18-34(32)39)27-21-22-36-35(24-27)40-29-14-4-2-11-26(29)20-23-37(40)41-36/h1-20,23-24H,21-22H2. The van der Waals surface area contributed by atoms with E-state index in [1.54, 1.807) is 0 Å². The largest absolute Gasteiger partial charge is 0.460 e. The van der Waals surface area contributed by atoms with Crippen LogP contribution >= 0.6 is 0 Å². The van der Waals surface area contributed by atoms with Crippen LogP contribution in [0.3, 0.4) is 0 Å². The average Bonchev–Trinajstić information content (AvgIpc) is 3.42. The summed E-state index contributed by atoms with van der Waals surface area (Å²) in [7, 11) is 0. The third-order valence-corrected chi connectivity index (χ3v) is 8.95. The number of rotatable bonds is 2. The smallest absolute Gasteiger partial charge is 0.135 e. The van der Waals surface area contributed by atoms with E-state index in [1.165, 1.54) is 76.3 Å². The number of benzene rings is 7. The lowest BCUT2D eigenvalue weighted by molar-refractivity contribution is 0.548. The molecule has 1 heterocycles. The Labute approximate surface area is 238 Å². The van der Waals surface area contributed by atoms with Crippen molar-refractivity contribution in [3.8, 4) is 11.1 Å². The molecule has 0 fully saturated rings. The molecule has 0 saturated carbocycles. The van der Waals surface area contributed by atoms with Gasteiger partial charge >= 0.3 is 0 Å². The topological polar surface area (TPSA) is 13.1 Å². The van der Waals surface area contributed by atoms with E-state index in [0.29, 0.717) is 0 Å². The Morgan fingerprint density at radius 2 is 1.00 bits per heavy atom. The highest BCUT2D eigenvalue weighted by Gasteiger charge is 2.24. The summed E-state index contributed by atoms with van der Waals surface area (Å²) in [4.78, 5) is 0. The molecule has 0 saturated heterocycles. The van der Waals surface area contributed by atoms with Crippen molar-refractivity contribution in [3.63, 3.8) is 0 Å². The van der Waals surface area contributed by atoms with Crippen molar-refractivity contribution in [2.75, 3.05) is 0 Å². The summed E-state index contributed by atoms with van der Waals surface area (Å²) in [6, 6.07) is 46.3. The first-order chi connectivity index (χ1) is 20.3. The molecule has 1 aromatic heterocycles. The van der Waals surface area contributed by atoms with Gasteiger partial charge < -0.3 is 4.42 Å². The Balaban J connectivity index is 1.38. The molecule has 0 atom stereocenters. The Hall–Kier alpha value is -5.14. The third-order valence-electron chi connectivity index (χ3n) is 8.95. The van der Waals surface area contributed by atoms with Crippen LogP contribution in [0.15, 0.2) is 132 Å². The molecule has 7 aromatic carbocycles. The highest BCUT2D eigenvalue weighted by molar-refractivity contribution is 6.23. The molecular weight excluding hydrogens is 496 g/mol. The van der Waals surface area contributed by atoms with Crippen LogP contribution in [0.25, 0.3) is 76.8 Å². The molecule has 1 nitrogen and oxygen atoms in total. The lowest BCUT2D eigenvalue weighted by Crippen LogP contribution is -1.99. The fourth-order valence-electron chi connectivity index (χ4n) is 7.18. The molecule has 0 unspecified atom stereocenters. The van der Waals surface area contributed by atoms with Gasteiger partial charge in [0.15, 0.2) is 0 Å². The molecular formula is C40H26O. The highest BCUT2D eigenvalue weighted by atomic mass is 16.3. The molecule has 0 amide bonds. The summed E-state index contributed by atoms with van der Waals surface area (Å²) in [6.45, 7) is 0. The number of hydrogen-bond acceptors (Lipinski definition) is 1. The Kier molecular flexibility index (Phi) is 4.80. The van der Waals surface area contributed by atoms with Gasteiger partial charge in [0.1, 0.15) is 11.3 Å². The maximum atomic E-state index is 6.43. The molecule has 9 rings (SSSR count). The zero-order valence-electron chi connectivity index (χ0n) is 22.5. The Morgan fingerprint density at radius 3 is 1.71 bits per heavy atom. The third kappa shape index (κ3) is 3.30. The molecule has 0 radical (unpaired) electrons. The van der Waals surface area contributed by atoms with E-state index in [4.69, 9.17) is 4.42 Å². The molecule has 0 spiro atoms. The second-order valence-corrected chi connectivity index (χ2v) is 11.1. The van der Waals surface area contributed by atoms with E-state index < -0.39 is 0 Å². The molecule has 1 aliphatic rings. The maximum absolute atomic E-state index is 6.43. The average molecular weight is 523 g/mol. The van der Waals surface area contributed by atoms with Crippen molar-refractivity contribution in [2.45, 2.75) is 12.8 Å². The van der Waals surface area contributed by atoms with Crippen LogP contribution in [0.4, 0.5) is 0 Å². The fourth-order valence-corrected chi connectivity index (χ4v) is 7.18. The van der Waals surface area contributed by atoms with Crippen molar-refractivity contribution < 1.29 is 4.42 Å². The van der Waals surface area contributed by atoms with Crippen LogP contribution in [0.5, 0.6) is 0 Å². The second kappa shape index (κ2) is 8.68. The molecule has 41 heavy (non-hydrogen) atoms. The molecule has 1 heteroatoms. The first-order valence-corrected chi connectivity index (χ1v) is 14.4. The summed E-state index contributed by atoms with van der Waals surface area (Å²) in [6.07, 6.45) is 4.27. The van der Waals surface area contributed by atoms with E-state index in [1.807, 2.05) is 0 Å². The molecule has 8 aromatic rings. The monoisotopic (exact) mass is 522 g/mol. The zero-order valence-corrected chi connectivity index (χ0v) is 22.5. The molecule has 1 aliphatic carbocycles. The summed E-state index contributed by atoms with van der Waals surface area (Å²) in [5.74, 6) is 1.10. The minimum atomic E-state index is 0.901. The predicted molar refractivity (Wildman–Crippen MR) is 174 cm³/mol. The van der Waals surface area contributed by atoms with Gasteiger partial charge in [0.25, 0.3) is 0 Å². The van der Waals surface area contributed by atoms with E-state index in [2.05, 4.69) is 133 Å². The normalized spacial score (nSPS) is 13.3. The second-order valence-electron chi connectivity index (χ2n) is 11.1. The van der Waals surface area contributed by atoms with E-state index in [-0.39, 0.29) is 0 Å². The lowest BCUT2D eigenvalue weighted by atomic mass is 9.82. The number of allylic oxidation sites excluding steroid dienone is 1. The van der Waals surface area contributed by atoms with E-state index in [9.17, 15) is 0 Å². The van der Waals surface area contributed by atoms with Gasteiger partial charge in [-0.15, -0.1) is 0 Å². The van der Waals surface area contributed by atoms with Gasteiger partial charge in [0.05, 0.1) is 0 Å². The van der Waals surface area contributed by atoms with Crippen LogP contribution in [0.2, 0.25) is 0 Å². The minimum Gasteiger partial charge on any atom is -0.460 e. The molecule has 0 aliphatic heterocycles. The molecule has 0 bridgehead atoms.